The number of nitrogens with zero attached hydrogens (tertiary/aromatic N) is 4. The van der Waals surface area contributed by atoms with Gasteiger partial charge in [0.2, 0.25) is 0 Å². The van der Waals surface area contributed by atoms with Gasteiger partial charge in [-0.15, -0.1) is 10.2 Å². The van der Waals surface area contributed by atoms with Gasteiger partial charge in [-0.05, 0) is 24.5 Å². The number of hydrogen-bond donors (Lipinski definition) is 1. The van der Waals surface area contributed by atoms with Crippen LogP contribution in [-0.2, 0) is 19.5 Å². The fourth-order valence-corrected chi connectivity index (χ4v) is 3.88. The number of carbonyl (C=O) groups excluding carboxylic acids is 1. The predicted molar refractivity (Wildman–Crippen MR) is 114 cm³/mol. The molecule has 1 unspecified atom stereocenters. The summed E-state index contributed by atoms with van der Waals surface area (Å²) in [6.45, 7) is 9.89. The number of amides is 1. The molecule has 1 N–H and O–H groups in total. The van der Waals surface area contributed by atoms with Crippen molar-refractivity contribution in [3.8, 4) is 0 Å². The van der Waals surface area contributed by atoms with Crippen molar-refractivity contribution in [2.45, 2.75) is 46.3 Å². The van der Waals surface area contributed by atoms with E-state index in [1.165, 1.54) is 23.7 Å². The van der Waals surface area contributed by atoms with Crippen LogP contribution in [0.3, 0.4) is 0 Å². The van der Waals surface area contributed by atoms with Gasteiger partial charge in [-0.1, -0.05) is 43.7 Å². The summed E-state index contributed by atoms with van der Waals surface area (Å²) in [5, 5.41) is 12.0. The fourth-order valence-electron chi connectivity index (χ4n) is 3.88. The zero-order valence-electron chi connectivity index (χ0n) is 17.8. The van der Waals surface area contributed by atoms with Crippen molar-refractivity contribution in [3.05, 3.63) is 71.2 Å². The Balaban J connectivity index is 1.48. The first-order chi connectivity index (χ1) is 14.5. The highest BCUT2D eigenvalue weighted by atomic mass is 16.3. The van der Waals surface area contributed by atoms with Crippen molar-refractivity contribution >= 4 is 5.91 Å². The number of aromatic nitrogens is 3. The first-order valence-corrected chi connectivity index (χ1v) is 10.5. The molecular formula is C23H29N5O2. The predicted octanol–water partition coefficient (Wildman–Crippen LogP) is 3.36. The van der Waals surface area contributed by atoms with E-state index in [1.807, 2.05) is 0 Å². The van der Waals surface area contributed by atoms with Crippen LogP contribution in [0, 0.1) is 12.8 Å². The maximum Gasteiger partial charge on any atom is 0.255 e. The minimum atomic E-state index is -0.211. The highest BCUT2D eigenvalue weighted by molar-refractivity contribution is 5.94. The van der Waals surface area contributed by atoms with Gasteiger partial charge in [0.1, 0.15) is 12.1 Å². The fraction of sp³-hybridized carbons (Fsp3) is 0.435. The normalized spacial score (nSPS) is 15.6. The summed E-state index contributed by atoms with van der Waals surface area (Å²) in [6.07, 6.45) is 3.81. The van der Waals surface area contributed by atoms with E-state index in [2.05, 4.69) is 70.0 Å². The van der Waals surface area contributed by atoms with Gasteiger partial charge < -0.3 is 14.3 Å². The van der Waals surface area contributed by atoms with Crippen molar-refractivity contribution in [3.63, 3.8) is 0 Å². The van der Waals surface area contributed by atoms with Crippen LogP contribution in [0.5, 0.6) is 0 Å². The van der Waals surface area contributed by atoms with Gasteiger partial charge in [-0.2, -0.15) is 0 Å². The van der Waals surface area contributed by atoms with Crippen LogP contribution >= 0.6 is 0 Å². The van der Waals surface area contributed by atoms with Crippen molar-refractivity contribution in [2.75, 3.05) is 13.1 Å². The van der Waals surface area contributed by atoms with Gasteiger partial charge in [-0.25, -0.2) is 0 Å². The highest BCUT2D eigenvalue weighted by Gasteiger charge is 2.28. The van der Waals surface area contributed by atoms with E-state index in [-0.39, 0.29) is 17.9 Å². The molecule has 0 saturated heterocycles. The molecule has 1 aliphatic heterocycles. The molecule has 1 atom stereocenters. The Labute approximate surface area is 177 Å². The lowest BCUT2D eigenvalue weighted by Gasteiger charge is -2.23. The monoisotopic (exact) mass is 407 g/mol. The molecule has 7 heteroatoms. The number of benzene rings is 1. The lowest BCUT2D eigenvalue weighted by molar-refractivity contribution is 0.0921. The van der Waals surface area contributed by atoms with Gasteiger partial charge in [0.15, 0.2) is 5.82 Å². The zero-order chi connectivity index (χ0) is 21.1. The zero-order valence-corrected chi connectivity index (χ0v) is 17.8. The van der Waals surface area contributed by atoms with Crippen LogP contribution < -0.4 is 5.32 Å². The van der Waals surface area contributed by atoms with Gasteiger partial charge in [0, 0.05) is 32.6 Å². The molecule has 1 amide bonds. The van der Waals surface area contributed by atoms with Gasteiger partial charge in [0.05, 0.1) is 17.9 Å². The third kappa shape index (κ3) is 4.46. The first kappa shape index (κ1) is 20.3. The summed E-state index contributed by atoms with van der Waals surface area (Å²) in [5.74, 6) is 1.84. The van der Waals surface area contributed by atoms with E-state index in [4.69, 9.17) is 4.42 Å². The summed E-state index contributed by atoms with van der Waals surface area (Å²) >= 11 is 0. The van der Waals surface area contributed by atoms with Crippen molar-refractivity contribution in [1.82, 2.24) is 25.0 Å². The largest absolute Gasteiger partial charge is 0.472 e. The molecule has 158 valence electrons. The van der Waals surface area contributed by atoms with Crippen LogP contribution in [0.15, 0.2) is 47.3 Å². The molecule has 0 aliphatic carbocycles. The lowest BCUT2D eigenvalue weighted by atomic mass is 10.0. The maximum absolute atomic E-state index is 12.6. The van der Waals surface area contributed by atoms with Crippen molar-refractivity contribution in [2.24, 2.45) is 5.92 Å². The smallest absolute Gasteiger partial charge is 0.255 e. The van der Waals surface area contributed by atoms with Crippen LogP contribution in [0.2, 0.25) is 0 Å². The van der Waals surface area contributed by atoms with E-state index < -0.39 is 0 Å². The molecule has 3 heterocycles. The molecule has 7 nitrogen and oxygen atoms in total. The highest BCUT2D eigenvalue weighted by Crippen LogP contribution is 2.23. The maximum atomic E-state index is 12.6. The van der Waals surface area contributed by atoms with Gasteiger partial charge in [0.25, 0.3) is 5.91 Å². The number of hydrogen-bond acceptors (Lipinski definition) is 5. The molecule has 4 rings (SSSR count). The average Bonchev–Trinajstić information content (AvgIpc) is 3.36. The quantitative estimate of drug-likeness (QED) is 0.678. The molecule has 30 heavy (non-hydrogen) atoms. The summed E-state index contributed by atoms with van der Waals surface area (Å²) in [7, 11) is 0. The van der Waals surface area contributed by atoms with Gasteiger partial charge in [-0.3, -0.25) is 9.69 Å². The van der Waals surface area contributed by atoms with Crippen molar-refractivity contribution < 1.29 is 9.21 Å². The molecule has 0 radical (unpaired) electrons. The average molecular weight is 408 g/mol. The number of aryl methyl sites for hydroxylation is 1. The summed E-state index contributed by atoms with van der Waals surface area (Å²) in [4.78, 5) is 15.1. The van der Waals surface area contributed by atoms with Crippen LogP contribution in [-0.4, -0.2) is 38.7 Å². The topological polar surface area (TPSA) is 76.2 Å². The van der Waals surface area contributed by atoms with Gasteiger partial charge >= 0.3 is 0 Å². The number of rotatable bonds is 6. The third-order valence-corrected chi connectivity index (χ3v) is 5.69. The van der Waals surface area contributed by atoms with E-state index in [1.54, 1.807) is 6.07 Å². The van der Waals surface area contributed by atoms with Crippen LogP contribution in [0.25, 0.3) is 0 Å². The Morgan fingerprint density at radius 3 is 2.63 bits per heavy atom. The molecule has 0 spiro atoms. The minimum Gasteiger partial charge on any atom is -0.472 e. The Hall–Kier alpha value is -2.93. The van der Waals surface area contributed by atoms with E-state index in [0.29, 0.717) is 5.56 Å². The van der Waals surface area contributed by atoms with Crippen LogP contribution in [0.1, 0.15) is 53.0 Å². The molecule has 0 fully saturated rings. The second-order valence-corrected chi connectivity index (χ2v) is 8.34. The Morgan fingerprint density at radius 2 is 1.93 bits per heavy atom. The van der Waals surface area contributed by atoms with E-state index in [0.717, 1.165) is 44.2 Å². The molecule has 2 aromatic heterocycles. The Kier molecular flexibility index (Phi) is 5.99. The van der Waals surface area contributed by atoms with E-state index in [9.17, 15) is 4.79 Å². The molecule has 1 aliphatic rings. The second-order valence-electron chi connectivity index (χ2n) is 8.34. The SMILES string of the molecule is Cc1ccc(CN2CCc3nnc(C(NC(=O)c4ccoc4)C(C)C)n3CC2)cc1. The van der Waals surface area contributed by atoms with E-state index >= 15 is 0 Å². The lowest BCUT2D eigenvalue weighted by Crippen LogP contribution is -2.34. The molecule has 3 aromatic rings. The summed E-state index contributed by atoms with van der Waals surface area (Å²) in [6, 6.07) is 10.2. The first-order valence-electron chi connectivity index (χ1n) is 10.5. The van der Waals surface area contributed by atoms with Crippen molar-refractivity contribution in [1.29, 1.82) is 0 Å². The Bertz CT molecular complexity index is 976. The number of furan rings is 1. The summed E-state index contributed by atoms with van der Waals surface area (Å²) in [5.41, 5.74) is 3.12. The number of fused-ring (bicyclic) bond motifs is 1. The standard InChI is InChI=1S/C23H29N5O2/c1-16(2)21(24-23(29)19-9-13-30-15-19)22-26-25-20-8-10-27(11-12-28(20)22)14-18-6-4-17(3)5-7-18/h4-7,9,13,15-16,21H,8,10-12,14H2,1-3H3,(H,24,29). The van der Waals surface area contributed by atoms with Crippen LogP contribution in [0.4, 0.5) is 0 Å². The second kappa shape index (κ2) is 8.83. The minimum absolute atomic E-state index is 0.158. The molecule has 0 saturated carbocycles. The third-order valence-electron chi connectivity index (χ3n) is 5.69. The number of carbonyl (C=O) groups is 1. The molecule has 1 aromatic carbocycles. The molecule has 0 bridgehead atoms. The number of nitrogens with one attached hydrogen (secondary N) is 1. The summed E-state index contributed by atoms with van der Waals surface area (Å²) < 4.78 is 7.23. The molecular weight excluding hydrogens is 378 g/mol. The Morgan fingerprint density at radius 1 is 1.13 bits per heavy atom.